The predicted molar refractivity (Wildman–Crippen MR) is 103 cm³/mol. The van der Waals surface area contributed by atoms with Crippen molar-refractivity contribution in [1.29, 1.82) is 0 Å². The van der Waals surface area contributed by atoms with Crippen LogP contribution < -0.4 is 12.3 Å². The maximum absolute atomic E-state index is 10.7. The van der Waals surface area contributed by atoms with Gasteiger partial charge in [-0.3, -0.25) is 9.59 Å². The molecule has 1 aromatic rings. The van der Waals surface area contributed by atoms with E-state index in [1.807, 2.05) is 33.3 Å². The van der Waals surface area contributed by atoms with Crippen molar-refractivity contribution in [1.82, 2.24) is 22.1 Å². The normalized spacial score (nSPS) is 9.08. The van der Waals surface area contributed by atoms with Crippen LogP contribution >= 0.6 is 0 Å². The fraction of sp³-hybridized carbons (Fsp3) is 0.556. The quantitative estimate of drug-likeness (QED) is 0.756. The van der Waals surface area contributed by atoms with Gasteiger partial charge in [0.05, 0.1) is 0 Å². The molecule has 0 aliphatic rings. The highest BCUT2D eigenvalue weighted by molar-refractivity contribution is 5.72. The van der Waals surface area contributed by atoms with E-state index in [0.717, 1.165) is 25.1 Å². The third-order valence-corrected chi connectivity index (χ3v) is 3.29. The first kappa shape index (κ1) is 27.9. The number of hydrogen-bond donors (Lipinski definition) is 2. The largest absolute Gasteiger partial charge is 0.461 e. The van der Waals surface area contributed by atoms with Gasteiger partial charge in [-0.15, -0.1) is 0 Å². The number of ether oxygens (including phenoxy) is 1. The number of carbonyl (C=O) groups excluding carboxylic acids is 2. The van der Waals surface area contributed by atoms with Gasteiger partial charge in [0, 0.05) is 34.0 Å². The zero-order valence-corrected chi connectivity index (χ0v) is 16.7. The molecular formula is C18H36N4O3. The molecule has 1 aromatic carbocycles. The van der Waals surface area contributed by atoms with Gasteiger partial charge in [-0.05, 0) is 31.6 Å². The number of hydrogen-bond acceptors (Lipinski definition) is 6. The van der Waals surface area contributed by atoms with Crippen LogP contribution in [0.5, 0.6) is 0 Å². The fourth-order valence-corrected chi connectivity index (χ4v) is 1.56. The lowest BCUT2D eigenvalue weighted by Crippen LogP contribution is -2.31. The number of rotatable bonds is 6. The third-order valence-electron chi connectivity index (χ3n) is 3.29. The molecule has 25 heavy (non-hydrogen) atoms. The summed E-state index contributed by atoms with van der Waals surface area (Å²) in [5.74, 6) is -0.110. The summed E-state index contributed by atoms with van der Waals surface area (Å²) in [6.07, 6.45) is 1.04. The Hall–Kier alpha value is -1.96. The highest BCUT2D eigenvalue weighted by Gasteiger charge is 2.00. The standard InChI is InChI=1S/C11H14O2.C7H16N2O.2H3N/c1-3-10-4-6-11(7-5-10)8-13-9(2)12;1-7(10)9(4)6-5-8(2)3;;/h4-7H,3,8H2,1-2H3;5-6H2,1-4H3;2*1H3. The third kappa shape index (κ3) is 15.3. The van der Waals surface area contributed by atoms with Crippen LogP contribution in [0.15, 0.2) is 24.3 Å². The Balaban J connectivity index is -0.000000370. The molecular weight excluding hydrogens is 320 g/mol. The molecule has 0 heterocycles. The summed E-state index contributed by atoms with van der Waals surface area (Å²) in [4.78, 5) is 24.9. The number of amides is 1. The van der Waals surface area contributed by atoms with Crippen LogP contribution in [0.3, 0.4) is 0 Å². The highest BCUT2D eigenvalue weighted by Crippen LogP contribution is 2.06. The van der Waals surface area contributed by atoms with E-state index < -0.39 is 0 Å². The van der Waals surface area contributed by atoms with Crippen molar-refractivity contribution < 1.29 is 14.3 Å². The first-order valence-corrected chi connectivity index (χ1v) is 7.83. The van der Waals surface area contributed by atoms with Gasteiger partial charge in [0.25, 0.3) is 0 Å². The number of esters is 1. The van der Waals surface area contributed by atoms with Crippen LogP contribution in [0.2, 0.25) is 0 Å². The average Bonchev–Trinajstić information content (AvgIpc) is 2.51. The number of likely N-dealkylation sites (N-methyl/N-ethyl adjacent to an activating group) is 2. The van der Waals surface area contributed by atoms with Crippen molar-refractivity contribution in [3.05, 3.63) is 35.4 Å². The summed E-state index contributed by atoms with van der Waals surface area (Å²) in [6.45, 7) is 7.22. The van der Waals surface area contributed by atoms with Gasteiger partial charge in [-0.25, -0.2) is 0 Å². The van der Waals surface area contributed by atoms with E-state index in [9.17, 15) is 9.59 Å². The van der Waals surface area contributed by atoms with E-state index in [0.29, 0.717) is 6.61 Å². The molecule has 0 aliphatic carbocycles. The van der Waals surface area contributed by atoms with E-state index in [-0.39, 0.29) is 24.2 Å². The second kappa shape index (κ2) is 15.6. The zero-order valence-electron chi connectivity index (χ0n) is 16.7. The van der Waals surface area contributed by atoms with Gasteiger partial charge < -0.3 is 26.8 Å². The van der Waals surface area contributed by atoms with Crippen molar-refractivity contribution >= 4 is 11.9 Å². The van der Waals surface area contributed by atoms with Crippen molar-refractivity contribution in [3.63, 3.8) is 0 Å². The molecule has 0 unspecified atom stereocenters. The van der Waals surface area contributed by atoms with Crippen molar-refractivity contribution in [2.75, 3.05) is 34.2 Å². The molecule has 0 fully saturated rings. The summed E-state index contributed by atoms with van der Waals surface area (Å²) in [5.41, 5.74) is 2.33. The first-order chi connectivity index (χ1) is 10.8. The van der Waals surface area contributed by atoms with Crippen LogP contribution in [0.25, 0.3) is 0 Å². The fourth-order valence-electron chi connectivity index (χ4n) is 1.56. The maximum atomic E-state index is 10.7. The van der Waals surface area contributed by atoms with E-state index >= 15 is 0 Å². The lowest BCUT2D eigenvalue weighted by atomic mass is 10.1. The van der Waals surface area contributed by atoms with Crippen LogP contribution in [0.4, 0.5) is 0 Å². The minimum Gasteiger partial charge on any atom is -0.461 e. The molecule has 0 aromatic heterocycles. The topological polar surface area (TPSA) is 120 Å². The predicted octanol–water partition coefficient (Wildman–Crippen LogP) is 2.66. The SMILES string of the molecule is CC(=O)N(C)CCN(C)C.CCc1ccc(COC(C)=O)cc1.N.N. The molecule has 0 aliphatic heterocycles. The number of nitrogens with zero attached hydrogens (tertiary/aromatic N) is 2. The van der Waals surface area contributed by atoms with E-state index in [4.69, 9.17) is 4.74 Å². The van der Waals surface area contributed by atoms with Crippen LogP contribution in [-0.4, -0.2) is 55.9 Å². The Kier molecular flexibility index (Phi) is 17.3. The van der Waals surface area contributed by atoms with Crippen molar-refractivity contribution in [2.24, 2.45) is 0 Å². The summed E-state index contributed by atoms with van der Waals surface area (Å²) >= 11 is 0. The number of benzene rings is 1. The van der Waals surface area contributed by atoms with Crippen LogP contribution in [0.1, 0.15) is 31.9 Å². The average molecular weight is 357 g/mol. The summed E-state index contributed by atoms with van der Waals surface area (Å²) in [6, 6.07) is 8.08. The molecule has 6 N–H and O–H groups in total. The second-order valence-corrected chi connectivity index (χ2v) is 5.69. The molecule has 1 amide bonds. The molecule has 0 bridgehead atoms. The van der Waals surface area contributed by atoms with Crippen LogP contribution in [0, 0.1) is 0 Å². The molecule has 146 valence electrons. The summed E-state index contributed by atoms with van der Waals surface area (Å²) < 4.78 is 4.86. The smallest absolute Gasteiger partial charge is 0.302 e. The lowest BCUT2D eigenvalue weighted by molar-refractivity contribution is -0.142. The molecule has 7 nitrogen and oxygen atoms in total. The Morgan fingerprint density at radius 2 is 1.40 bits per heavy atom. The van der Waals surface area contributed by atoms with E-state index in [2.05, 4.69) is 24.0 Å². The molecule has 0 spiro atoms. The molecule has 0 atom stereocenters. The minimum absolute atomic E-state index is 0. The van der Waals surface area contributed by atoms with Crippen molar-refractivity contribution in [3.8, 4) is 0 Å². The monoisotopic (exact) mass is 356 g/mol. The van der Waals surface area contributed by atoms with Gasteiger partial charge >= 0.3 is 5.97 Å². The number of aryl methyl sites for hydroxylation is 1. The highest BCUT2D eigenvalue weighted by atomic mass is 16.5. The van der Waals surface area contributed by atoms with Gasteiger partial charge in [-0.1, -0.05) is 31.2 Å². The Labute approximate surface area is 152 Å². The van der Waals surface area contributed by atoms with Gasteiger partial charge in [-0.2, -0.15) is 0 Å². The van der Waals surface area contributed by atoms with Crippen LogP contribution in [-0.2, 0) is 27.4 Å². The number of carbonyl (C=O) groups is 2. The van der Waals surface area contributed by atoms with Gasteiger partial charge in [0.15, 0.2) is 0 Å². The molecule has 7 heteroatoms. The molecule has 0 radical (unpaired) electrons. The van der Waals surface area contributed by atoms with Crippen molar-refractivity contribution in [2.45, 2.75) is 33.8 Å². The maximum Gasteiger partial charge on any atom is 0.302 e. The Bertz CT molecular complexity index is 476. The second-order valence-electron chi connectivity index (χ2n) is 5.69. The molecule has 0 saturated heterocycles. The first-order valence-electron chi connectivity index (χ1n) is 7.83. The van der Waals surface area contributed by atoms with Gasteiger partial charge in [0.1, 0.15) is 6.61 Å². The van der Waals surface area contributed by atoms with E-state index in [1.165, 1.54) is 12.5 Å². The zero-order chi connectivity index (χ0) is 17.8. The Morgan fingerprint density at radius 1 is 0.920 bits per heavy atom. The minimum atomic E-state index is -0.237. The van der Waals surface area contributed by atoms with E-state index in [1.54, 1.807) is 11.8 Å². The molecule has 0 saturated carbocycles. The molecule has 1 rings (SSSR count). The summed E-state index contributed by atoms with van der Waals surface area (Å²) in [7, 11) is 5.80. The summed E-state index contributed by atoms with van der Waals surface area (Å²) in [5, 5.41) is 0. The van der Waals surface area contributed by atoms with Gasteiger partial charge in [0.2, 0.25) is 5.91 Å². The lowest BCUT2D eigenvalue weighted by Gasteiger charge is -2.17. The Morgan fingerprint density at radius 3 is 1.76 bits per heavy atom.